The quantitative estimate of drug-likeness (QED) is 0.279. The van der Waals surface area contributed by atoms with Crippen LogP contribution in [0.2, 0.25) is 5.02 Å². The number of aryl methyl sites for hydroxylation is 1. The highest BCUT2D eigenvalue weighted by molar-refractivity contribution is 6.34. The van der Waals surface area contributed by atoms with Crippen molar-refractivity contribution in [2.75, 3.05) is 31.1 Å². The van der Waals surface area contributed by atoms with E-state index in [9.17, 15) is 24.3 Å². The van der Waals surface area contributed by atoms with Gasteiger partial charge in [-0.3, -0.25) is 19.2 Å². The van der Waals surface area contributed by atoms with Gasteiger partial charge in [0.15, 0.2) is 0 Å². The van der Waals surface area contributed by atoms with Crippen molar-refractivity contribution in [1.82, 2.24) is 10.2 Å². The molecule has 2 aromatic rings. The van der Waals surface area contributed by atoms with E-state index in [0.29, 0.717) is 35.5 Å². The zero-order valence-corrected chi connectivity index (χ0v) is 26.4. The fourth-order valence-corrected chi connectivity index (χ4v) is 7.53. The number of carbonyl (C=O) groups excluding carboxylic acids is 4. The Kier molecular flexibility index (Phi) is 9.31. The lowest BCUT2D eigenvalue weighted by atomic mass is 9.78. The molecule has 242 valence electrons. The zero-order valence-electron chi connectivity index (χ0n) is 25.6. The fourth-order valence-electron chi connectivity index (χ4n) is 7.21. The van der Waals surface area contributed by atoms with Crippen molar-refractivity contribution >= 4 is 41.0 Å². The van der Waals surface area contributed by atoms with Gasteiger partial charge in [0.05, 0.1) is 29.3 Å². The molecule has 0 radical (unpaired) electrons. The molecule has 0 bridgehead atoms. The largest absolute Gasteiger partial charge is 0.455 e. The highest BCUT2D eigenvalue weighted by Crippen LogP contribution is 2.53. The van der Waals surface area contributed by atoms with Crippen LogP contribution in [-0.2, 0) is 28.7 Å². The minimum Gasteiger partial charge on any atom is -0.455 e. The van der Waals surface area contributed by atoms with Crippen LogP contribution < -0.4 is 10.2 Å². The number of ether oxygens (including phenoxy) is 2. The number of nitrogens with one attached hydrogen (secondary N) is 1. The van der Waals surface area contributed by atoms with Gasteiger partial charge >= 0.3 is 5.97 Å². The molecule has 11 heteroatoms. The Balaban J connectivity index is 1.43. The highest BCUT2D eigenvalue weighted by atomic mass is 35.5. The van der Waals surface area contributed by atoms with Crippen LogP contribution in [0.15, 0.2) is 72.8 Å². The van der Waals surface area contributed by atoms with Gasteiger partial charge in [-0.25, -0.2) is 0 Å². The number of halogens is 1. The van der Waals surface area contributed by atoms with Gasteiger partial charge in [-0.2, -0.15) is 0 Å². The first kappa shape index (κ1) is 32.0. The monoisotopic (exact) mass is 647 g/mol. The molecule has 2 N–H and O–H groups in total. The molecule has 2 fully saturated rings. The SMILES string of the molecule is Cc1cccc(Cl)c1N1CC=C[C@@]23O[C@H]4/C=C\CCC(=O)NC[C@H](c5ccccc5)OC(=O)[C@H]4[C@@H]2C(=O)N(CCCCO)[C@H]3C1=O. The number of esters is 1. The van der Waals surface area contributed by atoms with Crippen LogP contribution in [0.4, 0.5) is 5.69 Å². The van der Waals surface area contributed by atoms with Crippen LogP contribution in [0.3, 0.4) is 0 Å². The van der Waals surface area contributed by atoms with E-state index in [1.807, 2.05) is 49.4 Å². The number of aliphatic hydroxyl groups excluding tert-OH is 1. The molecule has 1 spiro atoms. The number of rotatable bonds is 6. The molecule has 6 rings (SSSR count). The lowest BCUT2D eigenvalue weighted by Crippen LogP contribution is -2.55. The molecular formula is C35H38ClN3O7. The van der Waals surface area contributed by atoms with Gasteiger partial charge in [0.1, 0.15) is 23.7 Å². The number of hydrogen-bond donors (Lipinski definition) is 2. The average Bonchev–Trinajstić information content (AvgIpc) is 3.42. The number of fused-ring (bicyclic) bond motifs is 2. The molecular weight excluding hydrogens is 610 g/mol. The van der Waals surface area contributed by atoms with E-state index in [1.165, 1.54) is 4.90 Å². The van der Waals surface area contributed by atoms with Crippen LogP contribution in [0, 0.1) is 18.8 Å². The van der Waals surface area contributed by atoms with Gasteiger partial charge in [-0.15, -0.1) is 0 Å². The Hall–Kier alpha value is -3.99. The van der Waals surface area contributed by atoms with E-state index >= 15 is 0 Å². The number of allylic oxidation sites excluding steroid dienone is 1. The maximum atomic E-state index is 14.7. The zero-order chi connectivity index (χ0) is 32.4. The molecule has 2 aromatic carbocycles. The number of hydrogen-bond acceptors (Lipinski definition) is 7. The van der Waals surface area contributed by atoms with Gasteiger partial charge < -0.3 is 29.7 Å². The fraction of sp³-hybridized carbons (Fsp3) is 0.429. The van der Waals surface area contributed by atoms with Gasteiger partial charge in [-0.1, -0.05) is 78.4 Å². The number of likely N-dealkylation sites (tertiary alicyclic amines) is 1. The van der Waals surface area contributed by atoms with E-state index in [4.69, 9.17) is 21.1 Å². The number of aliphatic hydroxyl groups is 1. The number of para-hydroxylation sites is 1. The van der Waals surface area contributed by atoms with E-state index < -0.39 is 41.7 Å². The third kappa shape index (κ3) is 5.74. The number of unbranched alkanes of at least 4 members (excludes halogenated alkanes) is 1. The Morgan fingerprint density at radius 3 is 2.59 bits per heavy atom. The summed E-state index contributed by atoms with van der Waals surface area (Å²) >= 11 is 6.63. The Labute approximate surface area is 273 Å². The van der Waals surface area contributed by atoms with Crippen LogP contribution in [0.5, 0.6) is 0 Å². The second kappa shape index (κ2) is 13.4. The van der Waals surface area contributed by atoms with Gasteiger partial charge in [-0.05, 0) is 43.4 Å². The molecule has 46 heavy (non-hydrogen) atoms. The molecule has 4 aliphatic rings. The molecule has 2 saturated heterocycles. The van der Waals surface area contributed by atoms with Gasteiger partial charge in [0.25, 0.3) is 5.91 Å². The lowest BCUT2D eigenvalue weighted by molar-refractivity contribution is -0.159. The number of benzene rings is 2. The summed E-state index contributed by atoms with van der Waals surface area (Å²) in [7, 11) is 0. The predicted molar refractivity (Wildman–Crippen MR) is 171 cm³/mol. The minimum atomic E-state index is -1.47. The smallest absolute Gasteiger partial charge is 0.313 e. The molecule has 4 heterocycles. The summed E-state index contributed by atoms with van der Waals surface area (Å²) in [5, 5.41) is 12.8. The van der Waals surface area contributed by atoms with Crippen LogP contribution in [0.25, 0.3) is 0 Å². The maximum absolute atomic E-state index is 14.7. The minimum absolute atomic E-state index is 0.0597. The third-order valence-corrected chi connectivity index (χ3v) is 9.61. The second-order valence-electron chi connectivity index (χ2n) is 12.2. The first-order chi connectivity index (χ1) is 22.3. The highest BCUT2D eigenvalue weighted by Gasteiger charge is 2.71. The van der Waals surface area contributed by atoms with Crippen molar-refractivity contribution < 1.29 is 33.8 Å². The standard InChI is InChI=1S/C35H38ClN3O7/c1-22-11-9-14-24(36)30(22)38-19-10-17-35-29(32(42)39(18-7-8-20-40)31(35)33(38)43)28-25(46-35)15-5-6-16-27(41)37-21-26(45-34(28)44)23-12-3-2-4-13-23/h2-5,9-15,17,25-26,28-29,31,40H,6-8,16,18-21H2,1H3,(H,37,41)/b15-5-/t25-,26+,28+,29+,31-,35+/m0/s1. The van der Waals surface area contributed by atoms with Crippen molar-refractivity contribution in [2.24, 2.45) is 11.8 Å². The summed E-state index contributed by atoms with van der Waals surface area (Å²) in [5.41, 5.74) is 0.583. The van der Waals surface area contributed by atoms with Crippen molar-refractivity contribution in [3.63, 3.8) is 0 Å². The molecule has 0 aliphatic carbocycles. The Bertz CT molecular complexity index is 1540. The normalized spacial score (nSPS) is 30.4. The predicted octanol–water partition coefficient (Wildman–Crippen LogP) is 3.66. The molecule has 6 atom stereocenters. The lowest BCUT2D eigenvalue weighted by Gasteiger charge is -2.36. The number of anilines is 1. The molecule has 10 nitrogen and oxygen atoms in total. The van der Waals surface area contributed by atoms with Crippen molar-refractivity contribution in [3.8, 4) is 0 Å². The summed E-state index contributed by atoms with van der Waals surface area (Å²) in [6, 6.07) is 13.4. The number of cyclic esters (lactones) is 1. The van der Waals surface area contributed by atoms with Gasteiger partial charge in [0, 0.05) is 26.1 Å². The summed E-state index contributed by atoms with van der Waals surface area (Å²) in [6.45, 7) is 2.27. The van der Waals surface area contributed by atoms with E-state index in [-0.39, 0.29) is 50.4 Å². The summed E-state index contributed by atoms with van der Waals surface area (Å²) in [6.07, 6.45) is 6.90. The van der Waals surface area contributed by atoms with Crippen LogP contribution in [-0.4, -0.2) is 77.7 Å². The topological polar surface area (TPSA) is 125 Å². The van der Waals surface area contributed by atoms with Gasteiger partial charge in [0.2, 0.25) is 11.8 Å². The number of nitrogens with zero attached hydrogens (tertiary/aromatic N) is 2. The van der Waals surface area contributed by atoms with Crippen molar-refractivity contribution in [1.29, 1.82) is 0 Å². The third-order valence-electron chi connectivity index (χ3n) is 9.31. The molecule has 0 unspecified atom stereocenters. The molecule has 0 saturated carbocycles. The summed E-state index contributed by atoms with van der Waals surface area (Å²) < 4.78 is 12.9. The van der Waals surface area contributed by atoms with E-state index in [2.05, 4.69) is 5.32 Å². The van der Waals surface area contributed by atoms with E-state index in [0.717, 1.165) is 5.56 Å². The number of amides is 3. The van der Waals surface area contributed by atoms with Crippen molar-refractivity contribution in [2.45, 2.75) is 56.5 Å². The Morgan fingerprint density at radius 1 is 1.02 bits per heavy atom. The first-order valence-corrected chi connectivity index (χ1v) is 16.2. The average molecular weight is 648 g/mol. The second-order valence-corrected chi connectivity index (χ2v) is 12.6. The molecule has 0 aromatic heterocycles. The maximum Gasteiger partial charge on any atom is 0.313 e. The van der Waals surface area contributed by atoms with E-state index in [1.54, 1.807) is 35.3 Å². The molecule has 4 aliphatic heterocycles. The first-order valence-electron chi connectivity index (χ1n) is 15.8. The summed E-state index contributed by atoms with van der Waals surface area (Å²) in [4.78, 5) is 59.1. The van der Waals surface area contributed by atoms with Crippen molar-refractivity contribution in [3.05, 3.63) is 89.0 Å². The summed E-state index contributed by atoms with van der Waals surface area (Å²) in [5.74, 6) is -3.67. The Morgan fingerprint density at radius 2 is 1.83 bits per heavy atom. The van der Waals surface area contributed by atoms with Crippen LogP contribution >= 0.6 is 11.6 Å². The van der Waals surface area contributed by atoms with Crippen LogP contribution in [0.1, 0.15) is 42.9 Å². The molecule has 3 amide bonds. The number of carbonyl (C=O) groups is 4.